The van der Waals surface area contributed by atoms with Crippen LogP contribution in [0.1, 0.15) is 38.5 Å². The fourth-order valence-corrected chi connectivity index (χ4v) is 6.38. The van der Waals surface area contributed by atoms with E-state index in [2.05, 4.69) is 0 Å². The minimum absolute atomic E-state index is 0.0323. The Morgan fingerprint density at radius 1 is 0.846 bits per heavy atom. The maximum atomic E-state index is 12.3. The number of carboxylic acid groups (broad SMARTS) is 1. The van der Waals surface area contributed by atoms with Gasteiger partial charge in [0.05, 0.1) is 26.4 Å². The lowest BCUT2D eigenvalue weighted by Crippen LogP contribution is -2.60. The second-order valence-electron chi connectivity index (χ2n) is 8.45. The van der Waals surface area contributed by atoms with Gasteiger partial charge in [0.25, 0.3) is 0 Å². The summed E-state index contributed by atoms with van der Waals surface area (Å²) in [5.74, 6) is 1.16. The van der Waals surface area contributed by atoms with Gasteiger partial charge in [-0.15, -0.1) is 0 Å². The molecule has 0 heterocycles. The van der Waals surface area contributed by atoms with Gasteiger partial charge in [-0.05, 0) is 56.3 Å². The molecule has 7 heteroatoms. The molecule has 0 radical (unpaired) electrons. The van der Waals surface area contributed by atoms with Crippen molar-refractivity contribution in [1.82, 2.24) is 0 Å². The van der Waals surface area contributed by atoms with E-state index in [4.69, 9.17) is 24.1 Å². The van der Waals surface area contributed by atoms with Gasteiger partial charge in [-0.1, -0.05) is 0 Å². The number of carbonyl (C=O) groups is 2. The summed E-state index contributed by atoms with van der Waals surface area (Å²) in [5.41, 5.74) is 0.112. The van der Waals surface area contributed by atoms with E-state index < -0.39 is 5.97 Å². The predicted molar refractivity (Wildman–Crippen MR) is 89.5 cm³/mol. The molecule has 5 unspecified atom stereocenters. The average molecular weight is 368 g/mol. The van der Waals surface area contributed by atoms with Crippen molar-refractivity contribution in [3.63, 3.8) is 0 Å². The highest BCUT2D eigenvalue weighted by Gasteiger charge is 2.76. The van der Waals surface area contributed by atoms with E-state index in [9.17, 15) is 9.59 Å². The molecule has 1 spiro atoms. The lowest BCUT2D eigenvalue weighted by atomic mass is 9.52. The van der Waals surface area contributed by atoms with Crippen molar-refractivity contribution in [3.8, 4) is 0 Å². The van der Waals surface area contributed by atoms with Crippen LogP contribution in [0, 0.1) is 23.2 Å². The Morgan fingerprint density at radius 3 is 2.31 bits per heavy atom. The molecule has 0 aromatic rings. The van der Waals surface area contributed by atoms with Crippen LogP contribution < -0.4 is 0 Å². The maximum absolute atomic E-state index is 12.3. The SMILES string of the molecule is O=C(O)COCCOCCOCC(=O)OC12CC3CC4CC(C1)C2(C4)C3. The van der Waals surface area contributed by atoms with Crippen LogP contribution in [0.4, 0.5) is 0 Å². The van der Waals surface area contributed by atoms with Crippen molar-refractivity contribution in [2.75, 3.05) is 39.6 Å². The minimum atomic E-state index is -0.997. The van der Waals surface area contributed by atoms with E-state index in [1.807, 2.05) is 0 Å². The van der Waals surface area contributed by atoms with E-state index in [-0.39, 0.29) is 31.4 Å². The summed E-state index contributed by atoms with van der Waals surface area (Å²) in [6.07, 6.45) is 7.33. The van der Waals surface area contributed by atoms with Gasteiger partial charge in [0, 0.05) is 5.41 Å². The smallest absolute Gasteiger partial charge is 0.332 e. The Kier molecular flexibility index (Phi) is 4.96. The average Bonchev–Trinajstić information content (AvgIpc) is 2.89. The highest BCUT2D eigenvalue weighted by atomic mass is 16.6. The third kappa shape index (κ3) is 3.14. The molecule has 4 fully saturated rings. The summed E-state index contributed by atoms with van der Waals surface area (Å²) >= 11 is 0. The summed E-state index contributed by atoms with van der Waals surface area (Å²) in [4.78, 5) is 22.5. The number of rotatable bonds is 11. The molecular formula is C19H28O7. The number of hydrogen-bond acceptors (Lipinski definition) is 6. The van der Waals surface area contributed by atoms with E-state index in [1.54, 1.807) is 0 Å². The Labute approximate surface area is 153 Å². The first kappa shape index (κ1) is 18.2. The Morgan fingerprint density at radius 2 is 1.54 bits per heavy atom. The molecule has 0 saturated heterocycles. The molecule has 0 aromatic carbocycles. The van der Waals surface area contributed by atoms with Crippen LogP contribution >= 0.6 is 0 Å². The van der Waals surface area contributed by atoms with Crippen molar-refractivity contribution in [1.29, 1.82) is 0 Å². The van der Waals surface area contributed by atoms with Gasteiger partial charge in [0.15, 0.2) is 0 Å². The molecule has 4 aliphatic rings. The molecule has 0 aromatic heterocycles. The number of aliphatic carboxylic acids is 1. The zero-order chi connectivity index (χ0) is 18.2. The molecule has 146 valence electrons. The zero-order valence-corrected chi connectivity index (χ0v) is 15.1. The third-order valence-electron chi connectivity index (χ3n) is 6.97. The fourth-order valence-electron chi connectivity index (χ4n) is 6.38. The van der Waals surface area contributed by atoms with Crippen LogP contribution in [0.25, 0.3) is 0 Å². The molecule has 5 atom stereocenters. The fraction of sp³-hybridized carbons (Fsp3) is 0.895. The summed E-state index contributed by atoms with van der Waals surface area (Å²) in [7, 11) is 0. The van der Waals surface area contributed by atoms with Crippen molar-refractivity contribution in [2.45, 2.75) is 44.1 Å². The van der Waals surface area contributed by atoms with Crippen LogP contribution in [0.15, 0.2) is 0 Å². The van der Waals surface area contributed by atoms with Gasteiger partial charge in [-0.25, -0.2) is 9.59 Å². The van der Waals surface area contributed by atoms with E-state index in [1.165, 1.54) is 25.7 Å². The first-order valence-corrected chi connectivity index (χ1v) is 9.70. The lowest BCUT2D eigenvalue weighted by molar-refractivity contribution is -0.218. The van der Waals surface area contributed by atoms with Crippen LogP contribution in [-0.4, -0.2) is 62.3 Å². The normalized spacial score (nSPS) is 38.8. The first-order valence-electron chi connectivity index (χ1n) is 9.70. The monoisotopic (exact) mass is 368 g/mol. The second-order valence-corrected chi connectivity index (χ2v) is 8.45. The Hall–Kier alpha value is -1.18. The summed E-state index contributed by atoms with van der Waals surface area (Å²) in [6.45, 7) is 0.815. The molecular weight excluding hydrogens is 340 g/mol. The molecule has 1 N–H and O–H groups in total. The summed E-state index contributed by atoms with van der Waals surface area (Å²) < 4.78 is 21.5. The Bertz CT molecular complexity index is 558. The van der Waals surface area contributed by atoms with Gasteiger partial charge in [-0.3, -0.25) is 0 Å². The minimum Gasteiger partial charge on any atom is -0.480 e. The molecule has 0 aliphatic heterocycles. The van der Waals surface area contributed by atoms with Crippen molar-refractivity contribution in [2.24, 2.45) is 23.2 Å². The third-order valence-corrected chi connectivity index (χ3v) is 6.97. The Balaban J connectivity index is 1.11. The molecule has 26 heavy (non-hydrogen) atoms. The number of ether oxygens (including phenoxy) is 4. The number of carboxylic acids is 1. The number of esters is 1. The number of fused-ring (bicyclic) bond motifs is 2. The van der Waals surface area contributed by atoms with E-state index in [0.717, 1.165) is 30.6 Å². The van der Waals surface area contributed by atoms with Crippen LogP contribution in [0.5, 0.6) is 0 Å². The molecule has 4 rings (SSSR count). The number of carbonyl (C=O) groups excluding carboxylic acids is 1. The lowest BCUT2D eigenvalue weighted by Gasteiger charge is -2.57. The largest absolute Gasteiger partial charge is 0.480 e. The van der Waals surface area contributed by atoms with E-state index >= 15 is 0 Å². The van der Waals surface area contributed by atoms with Gasteiger partial charge >= 0.3 is 11.9 Å². The zero-order valence-electron chi connectivity index (χ0n) is 15.1. The molecule has 4 saturated carbocycles. The quantitative estimate of drug-likeness (QED) is 0.438. The maximum Gasteiger partial charge on any atom is 0.332 e. The second kappa shape index (κ2) is 7.09. The van der Waals surface area contributed by atoms with Crippen molar-refractivity contribution >= 4 is 11.9 Å². The van der Waals surface area contributed by atoms with Crippen LogP contribution in [0.3, 0.4) is 0 Å². The molecule has 4 aliphatic carbocycles. The van der Waals surface area contributed by atoms with Gasteiger partial charge in [0.2, 0.25) is 0 Å². The summed E-state index contributed by atoms with van der Waals surface area (Å²) in [6, 6.07) is 0. The van der Waals surface area contributed by atoms with Gasteiger partial charge in [0.1, 0.15) is 18.8 Å². The number of hydrogen-bond donors (Lipinski definition) is 1. The van der Waals surface area contributed by atoms with Crippen molar-refractivity contribution < 1.29 is 33.6 Å². The molecule has 0 amide bonds. The van der Waals surface area contributed by atoms with Gasteiger partial charge < -0.3 is 24.1 Å². The predicted octanol–water partition coefficient (Wildman–Crippen LogP) is 1.63. The van der Waals surface area contributed by atoms with Crippen LogP contribution in [0.2, 0.25) is 0 Å². The highest BCUT2D eigenvalue weighted by molar-refractivity contribution is 5.71. The molecule has 7 nitrogen and oxygen atoms in total. The van der Waals surface area contributed by atoms with Crippen LogP contribution in [-0.2, 0) is 28.5 Å². The van der Waals surface area contributed by atoms with Crippen molar-refractivity contribution in [3.05, 3.63) is 0 Å². The highest BCUT2D eigenvalue weighted by Crippen LogP contribution is 2.78. The topological polar surface area (TPSA) is 91.3 Å². The van der Waals surface area contributed by atoms with Gasteiger partial charge in [-0.2, -0.15) is 0 Å². The summed E-state index contributed by atoms with van der Waals surface area (Å²) in [5, 5.41) is 8.42. The van der Waals surface area contributed by atoms with E-state index in [0.29, 0.717) is 25.2 Å². The standard InChI is InChI=1S/C19H28O7/c20-16(21)11-24-3-1-23-2-4-25-12-17(22)26-19-9-14-5-13-6-15(10-19)18(19,7-13)8-14/h13-15H,1-12H2,(H,20,21). The first-order chi connectivity index (χ1) is 12.5. The molecule has 3 bridgehead atoms.